The van der Waals surface area contributed by atoms with Crippen LogP contribution in [0.4, 0.5) is 10.1 Å². The largest absolute Gasteiger partial charge is 0.496 e. The van der Waals surface area contributed by atoms with Crippen LogP contribution in [0.25, 0.3) is 12.2 Å². The Labute approximate surface area is 209 Å². The van der Waals surface area contributed by atoms with Gasteiger partial charge in [-0.15, -0.1) is 0 Å². The number of carbonyl (C=O) groups excluding carboxylic acids is 1. The molecule has 0 aromatic heterocycles. The van der Waals surface area contributed by atoms with Crippen LogP contribution < -0.4 is 29.0 Å². The van der Waals surface area contributed by atoms with Crippen LogP contribution in [0.5, 0.6) is 28.7 Å². The van der Waals surface area contributed by atoms with Crippen LogP contribution in [0.2, 0.25) is 0 Å². The average Bonchev–Trinajstić information content (AvgIpc) is 2.90. The van der Waals surface area contributed by atoms with E-state index in [-0.39, 0.29) is 11.5 Å². The van der Waals surface area contributed by atoms with Gasteiger partial charge in [-0.3, -0.25) is 4.79 Å². The van der Waals surface area contributed by atoms with Gasteiger partial charge < -0.3 is 29.0 Å². The van der Waals surface area contributed by atoms with Crippen LogP contribution in [-0.4, -0.2) is 41.3 Å². The Morgan fingerprint density at radius 3 is 1.92 bits per heavy atom. The maximum Gasteiger partial charge on any atom is 0.203 e. The molecule has 1 N–H and O–H groups in total. The number of rotatable bonds is 11. The van der Waals surface area contributed by atoms with Crippen LogP contribution in [-0.2, 0) is 0 Å². The molecule has 0 fully saturated rings. The van der Waals surface area contributed by atoms with Gasteiger partial charge in [0.15, 0.2) is 28.8 Å². The Bertz CT molecular complexity index is 1260. The minimum atomic E-state index is -0.559. The van der Waals surface area contributed by atoms with Crippen molar-refractivity contribution in [2.24, 2.45) is 0 Å². The molecule has 0 unspecified atom stereocenters. The van der Waals surface area contributed by atoms with Gasteiger partial charge in [0, 0.05) is 12.3 Å². The van der Waals surface area contributed by atoms with Gasteiger partial charge in [-0.25, -0.2) is 4.39 Å². The fourth-order valence-corrected chi connectivity index (χ4v) is 3.56. The number of halogens is 1. The summed E-state index contributed by atoms with van der Waals surface area (Å²) in [6, 6.07) is 13.5. The summed E-state index contributed by atoms with van der Waals surface area (Å²) in [5.41, 5.74) is 2.09. The predicted molar refractivity (Wildman–Crippen MR) is 138 cm³/mol. The third-order valence-electron chi connectivity index (χ3n) is 5.27. The fraction of sp³-hybridized carbons (Fsp3) is 0.179. The van der Waals surface area contributed by atoms with Gasteiger partial charge >= 0.3 is 0 Å². The maximum absolute atomic E-state index is 14.8. The van der Waals surface area contributed by atoms with E-state index in [1.165, 1.54) is 53.9 Å². The van der Waals surface area contributed by atoms with E-state index in [1.807, 2.05) is 0 Å². The minimum absolute atomic E-state index is 0.0225. The summed E-state index contributed by atoms with van der Waals surface area (Å²) >= 11 is 0. The van der Waals surface area contributed by atoms with Crippen LogP contribution in [0, 0.1) is 5.82 Å². The highest BCUT2D eigenvalue weighted by molar-refractivity contribution is 6.06. The molecule has 0 aliphatic heterocycles. The fourth-order valence-electron chi connectivity index (χ4n) is 3.56. The maximum atomic E-state index is 14.8. The molecular formula is C28H28FNO6. The molecule has 0 saturated carbocycles. The predicted octanol–water partition coefficient (Wildman–Crippen LogP) is 5.85. The number of ether oxygens (including phenoxy) is 5. The molecule has 36 heavy (non-hydrogen) atoms. The van der Waals surface area contributed by atoms with Crippen LogP contribution in [0.15, 0.2) is 60.8 Å². The van der Waals surface area contributed by atoms with Gasteiger partial charge in [0.05, 0.1) is 46.8 Å². The smallest absolute Gasteiger partial charge is 0.203 e. The molecule has 0 radical (unpaired) electrons. The zero-order valence-electron chi connectivity index (χ0n) is 20.8. The first kappa shape index (κ1) is 26.2. The van der Waals surface area contributed by atoms with Crippen molar-refractivity contribution in [3.63, 3.8) is 0 Å². The van der Waals surface area contributed by atoms with E-state index in [1.54, 1.807) is 54.6 Å². The van der Waals surface area contributed by atoms with Crippen LogP contribution in [0.3, 0.4) is 0 Å². The van der Waals surface area contributed by atoms with Gasteiger partial charge in [-0.1, -0.05) is 24.3 Å². The van der Waals surface area contributed by atoms with Crippen molar-refractivity contribution in [2.75, 3.05) is 40.9 Å². The number of para-hydroxylation sites is 1. The van der Waals surface area contributed by atoms with Crippen molar-refractivity contribution in [1.82, 2.24) is 0 Å². The number of ketones is 1. The van der Waals surface area contributed by atoms with Crippen molar-refractivity contribution in [3.8, 4) is 28.7 Å². The number of hydrogen-bond donors (Lipinski definition) is 1. The molecule has 0 saturated heterocycles. The molecule has 7 nitrogen and oxygen atoms in total. The summed E-state index contributed by atoms with van der Waals surface area (Å²) < 4.78 is 41.3. The van der Waals surface area contributed by atoms with E-state index in [0.717, 1.165) is 5.56 Å². The normalized spacial score (nSPS) is 10.9. The SMILES string of the molecule is COc1ccccc1C(=O)/C=C\Nc1cc(/C=C\c2cc(OC)c(OC)c(OC)c2)cc(F)c1OC. The third kappa shape index (κ3) is 5.96. The Morgan fingerprint density at radius 2 is 1.33 bits per heavy atom. The number of anilines is 1. The molecule has 188 valence electrons. The molecule has 3 rings (SSSR count). The van der Waals surface area contributed by atoms with Crippen molar-refractivity contribution >= 4 is 23.6 Å². The Kier molecular flexibility index (Phi) is 8.94. The van der Waals surface area contributed by atoms with Crippen molar-refractivity contribution in [2.45, 2.75) is 0 Å². The monoisotopic (exact) mass is 493 g/mol. The zero-order chi connectivity index (χ0) is 26.1. The quantitative estimate of drug-likeness (QED) is 0.204. The van der Waals surface area contributed by atoms with Gasteiger partial charge in [0.25, 0.3) is 0 Å². The van der Waals surface area contributed by atoms with Gasteiger partial charge in [-0.05, 0) is 47.5 Å². The van der Waals surface area contributed by atoms with Crippen molar-refractivity contribution in [1.29, 1.82) is 0 Å². The molecule has 3 aromatic carbocycles. The van der Waals surface area contributed by atoms with E-state index in [0.29, 0.717) is 39.8 Å². The van der Waals surface area contributed by atoms with Gasteiger partial charge in [0.2, 0.25) is 5.75 Å². The lowest BCUT2D eigenvalue weighted by atomic mass is 10.1. The minimum Gasteiger partial charge on any atom is -0.496 e. The first-order valence-corrected chi connectivity index (χ1v) is 10.9. The van der Waals surface area contributed by atoms with E-state index in [9.17, 15) is 9.18 Å². The Morgan fingerprint density at radius 1 is 0.750 bits per heavy atom. The molecule has 0 aliphatic rings. The topological polar surface area (TPSA) is 75.3 Å². The lowest BCUT2D eigenvalue weighted by Crippen LogP contribution is -2.01. The Balaban J connectivity index is 1.86. The number of allylic oxidation sites excluding steroid dienone is 1. The van der Waals surface area contributed by atoms with E-state index in [2.05, 4.69) is 5.32 Å². The zero-order valence-corrected chi connectivity index (χ0v) is 20.8. The summed E-state index contributed by atoms with van der Waals surface area (Å²) in [6.45, 7) is 0. The molecule has 0 spiro atoms. The lowest BCUT2D eigenvalue weighted by Gasteiger charge is -2.13. The third-order valence-corrected chi connectivity index (χ3v) is 5.27. The molecule has 0 bridgehead atoms. The van der Waals surface area contributed by atoms with Crippen molar-refractivity contribution in [3.05, 3.63) is 83.3 Å². The number of methoxy groups -OCH3 is 5. The van der Waals surface area contributed by atoms with Gasteiger partial charge in [0.1, 0.15) is 5.75 Å². The number of carbonyl (C=O) groups is 1. The first-order valence-electron chi connectivity index (χ1n) is 10.9. The highest BCUT2D eigenvalue weighted by Gasteiger charge is 2.13. The highest BCUT2D eigenvalue weighted by Crippen LogP contribution is 2.39. The summed E-state index contributed by atoms with van der Waals surface area (Å²) in [4.78, 5) is 12.6. The molecular weight excluding hydrogens is 465 g/mol. The van der Waals surface area contributed by atoms with E-state index >= 15 is 0 Å². The Hall–Kier alpha value is -4.46. The first-order chi connectivity index (χ1) is 17.4. The number of nitrogens with one attached hydrogen (secondary N) is 1. The number of benzene rings is 3. The van der Waals surface area contributed by atoms with E-state index < -0.39 is 5.82 Å². The molecule has 0 aliphatic carbocycles. The standard InChI is InChI=1S/C28H28FNO6/c1-32-24-9-7-6-8-20(24)23(31)12-13-30-22-15-18(14-21(29)27(22)35-4)10-11-19-16-25(33-2)28(36-5)26(17-19)34-3/h6-17,30H,1-5H3/b11-10-,13-12-. The number of hydrogen-bond acceptors (Lipinski definition) is 7. The molecule has 0 heterocycles. The van der Waals surface area contributed by atoms with Crippen LogP contribution >= 0.6 is 0 Å². The molecule has 0 atom stereocenters. The van der Waals surface area contributed by atoms with Crippen molar-refractivity contribution < 1.29 is 32.9 Å². The lowest BCUT2D eigenvalue weighted by molar-refractivity contribution is 0.104. The summed E-state index contributed by atoms with van der Waals surface area (Å²) in [5.74, 6) is 1.15. The van der Waals surface area contributed by atoms with Gasteiger partial charge in [-0.2, -0.15) is 0 Å². The van der Waals surface area contributed by atoms with Crippen LogP contribution in [0.1, 0.15) is 21.5 Å². The summed E-state index contributed by atoms with van der Waals surface area (Å²) in [5, 5.41) is 2.94. The highest BCUT2D eigenvalue weighted by atomic mass is 19.1. The molecule has 3 aromatic rings. The second-order valence-electron chi connectivity index (χ2n) is 7.42. The van der Waals surface area contributed by atoms with E-state index in [4.69, 9.17) is 23.7 Å². The summed E-state index contributed by atoms with van der Waals surface area (Å²) in [6.07, 6.45) is 6.29. The molecule has 0 amide bonds. The second-order valence-corrected chi connectivity index (χ2v) is 7.42. The second kappa shape index (κ2) is 12.3. The molecule has 8 heteroatoms. The summed E-state index contributed by atoms with van der Waals surface area (Å²) in [7, 11) is 7.47. The average molecular weight is 494 g/mol.